The maximum Gasteiger partial charge on any atom is 0.143 e. The summed E-state index contributed by atoms with van der Waals surface area (Å²) in [5.41, 5.74) is 4.12. The van der Waals surface area contributed by atoms with Gasteiger partial charge in [-0.3, -0.25) is 0 Å². The van der Waals surface area contributed by atoms with E-state index in [-0.39, 0.29) is 5.41 Å². The van der Waals surface area contributed by atoms with Gasteiger partial charge in [-0.05, 0) is 46.7 Å². The zero-order valence-electron chi connectivity index (χ0n) is 22.2. The summed E-state index contributed by atoms with van der Waals surface area (Å²) in [6.07, 6.45) is 4.39. The Morgan fingerprint density at radius 1 is 0.811 bits per heavy atom. The maximum absolute atomic E-state index is 13.1. The van der Waals surface area contributed by atoms with Gasteiger partial charge in [-0.15, -0.1) is 5.10 Å². The molecule has 190 valence electrons. The molecule has 0 spiro atoms. The molecular formula is C32H36N4O. The van der Waals surface area contributed by atoms with Crippen LogP contribution in [0.25, 0.3) is 11.0 Å². The number of fused-ring (bicyclic) bond motifs is 1. The van der Waals surface area contributed by atoms with E-state index in [0.29, 0.717) is 0 Å². The fourth-order valence-corrected chi connectivity index (χ4v) is 5.15. The second kappa shape index (κ2) is 9.98. The van der Waals surface area contributed by atoms with E-state index in [4.69, 9.17) is 0 Å². The van der Waals surface area contributed by atoms with Gasteiger partial charge in [0.1, 0.15) is 17.2 Å². The summed E-state index contributed by atoms with van der Waals surface area (Å²) in [6, 6.07) is 29.6. The minimum atomic E-state index is -1.41. The highest BCUT2D eigenvalue weighted by atomic mass is 16.3. The van der Waals surface area contributed by atoms with Crippen molar-refractivity contribution in [2.75, 3.05) is 0 Å². The van der Waals surface area contributed by atoms with E-state index in [1.807, 2.05) is 89.6 Å². The molecule has 37 heavy (non-hydrogen) atoms. The Labute approximate surface area is 219 Å². The van der Waals surface area contributed by atoms with Crippen molar-refractivity contribution < 1.29 is 5.11 Å². The summed E-state index contributed by atoms with van der Waals surface area (Å²) in [4.78, 5) is 0. The average Bonchev–Trinajstić information content (AvgIpc) is 3.54. The molecule has 0 bridgehead atoms. The molecular weight excluding hydrogens is 456 g/mol. The van der Waals surface area contributed by atoms with E-state index in [2.05, 4.69) is 54.8 Å². The number of aromatic nitrogens is 4. The molecule has 3 aromatic carbocycles. The lowest BCUT2D eigenvalue weighted by Gasteiger charge is -2.38. The molecule has 1 atom stereocenters. The molecule has 0 aliphatic rings. The van der Waals surface area contributed by atoms with Crippen molar-refractivity contribution in [2.45, 2.75) is 64.1 Å². The van der Waals surface area contributed by atoms with Gasteiger partial charge in [0.25, 0.3) is 0 Å². The molecule has 2 aromatic heterocycles. The Balaban J connectivity index is 1.86. The number of rotatable bonds is 8. The van der Waals surface area contributed by atoms with E-state index in [0.717, 1.165) is 47.2 Å². The summed E-state index contributed by atoms with van der Waals surface area (Å²) < 4.78 is 4.24. The fourth-order valence-electron chi connectivity index (χ4n) is 5.15. The highest BCUT2D eigenvalue weighted by Gasteiger charge is 2.45. The summed E-state index contributed by atoms with van der Waals surface area (Å²) in [5.74, 6) is 0. The largest absolute Gasteiger partial charge is 0.378 e. The Morgan fingerprint density at radius 3 is 2.00 bits per heavy atom. The van der Waals surface area contributed by atoms with Gasteiger partial charge in [-0.25, -0.2) is 4.68 Å². The topological polar surface area (TPSA) is 55.9 Å². The number of aliphatic hydroxyl groups is 1. The molecule has 5 rings (SSSR count). The van der Waals surface area contributed by atoms with Gasteiger partial charge in [0.2, 0.25) is 0 Å². The second-order valence-corrected chi connectivity index (χ2v) is 10.9. The standard InChI is InChI=1S/C32H36N4O/c1-5-6-21-35-23-26(31(2,3)4)22-29(35)30(36-28-20-14-13-19-27(28)33-34-36)32(37,24-15-9-7-10-16-24)25-17-11-8-12-18-25/h7-20,22-23,30,37H,5-6,21H2,1-4H3. The van der Waals surface area contributed by atoms with Crippen LogP contribution in [-0.4, -0.2) is 24.7 Å². The predicted octanol–water partition coefficient (Wildman–Crippen LogP) is 6.86. The van der Waals surface area contributed by atoms with Crippen LogP contribution in [-0.2, 0) is 17.6 Å². The first-order valence-corrected chi connectivity index (χ1v) is 13.2. The highest BCUT2D eigenvalue weighted by Crippen LogP contribution is 2.45. The summed E-state index contributed by atoms with van der Waals surface area (Å²) >= 11 is 0. The minimum Gasteiger partial charge on any atom is -0.378 e. The van der Waals surface area contributed by atoms with Gasteiger partial charge in [0.05, 0.1) is 5.52 Å². The first kappa shape index (κ1) is 25.0. The second-order valence-electron chi connectivity index (χ2n) is 10.9. The van der Waals surface area contributed by atoms with Crippen molar-refractivity contribution in [3.8, 4) is 0 Å². The quantitative estimate of drug-likeness (QED) is 0.258. The third kappa shape index (κ3) is 4.60. The molecule has 0 saturated carbocycles. The first-order valence-electron chi connectivity index (χ1n) is 13.2. The van der Waals surface area contributed by atoms with Crippen LogP contribution in [0.15, 0.2) is 97.2 Å². The summed E-state index contributed by atoms with van der Waals surface area (Å²) in [6.45, 7) is 9.77. The molecule has 1 unspecified atom stereocenters. The lowest BCUT2D eigenvalue weighted by molar-refractivity contribution is 0.0316. The number of benzene rings is 3. The molecule has 0 amide bonds. The minimum absolute atomic E-state index is 0.0428. The molecule has 0 aliphatic heterocycles. The van der Waals surface area contributed by atoms with Crippen molar-refractivity contribution in [1.82, 2.24) is 19.6 Å². The Morgan fingerprint density at radius 2 is 1.41 bits per heavy atom. The molecule has 0 aliphatic carbocycles. The van der Waals surface area contributed by atoms with Crippen LogP contribution < -0.4 is 0 Å². The molecule has 5 nitrogen and oxygen atoms in total. The van der Waals surface area contributed by atoms with Gasteiger partial charge < -0.3 is 9.67 Å². The van der Waals surface area contributed by atoms with E-state index >= 15 is 0 Å². The van der Waals surface area contributed by atoms with Gasteiger partial charge in [0.15, 0.2) is 0 Å². The van der Waals surface area contributed by atoms with Gasteiger partial charge >= 0.3 is 0 Å². The molecule has 2 heterocycles. The average molecular weight is 493 g/mol. The number of para-hydroxylation sites is 1. The van der Waals surface area contributed by atoms with Gasteiger partial charge in [-0.2, -0.15) is 0 Å². The Hall–Kier alpha value is -3.70. The normalized spacial score (nSPS) is 13.2. The van der Waals surface area contributed by atoms with Gasteiger partial charge in [0, 0.05) is 18.4 Å². The van der Waals surface area contributed by atoms with Crippen LogP contribution in [0.4, 0.5) is 0 Å². The van der Waals surface area contributed by atoms with Gasteiger partial charge in [-0.1, -0.05) is 112 Å². The predicted molar refractivity (Wildman–Crippen MR) is 150 cm³/mol. The first-order chi connectivity index (χ1) is 17.8. The van der Waals surface area contributed by atoms with E-state index < -0.39 is 11.6 Å². The molecule has 0 saturated heterocycles. The van der Waals surface area contributed by atoms with Crippen molar-refractivity contribution in [3.63, 3.8) is 0 Å². The molecule has 0 radical (unpaired) electrons. The Bertz CT molecular complexity index is 1420. The van der Waals surface area contributed by atoms with Crippen molar-refractivity contribution >= 4 is 11.0 Å². The smallest absolute Gasteiger partial charge is 0.143 e. The van der Waals surface area contributed by atoms with Crippen molar-refractivity contribution in [2.24, 2.45) is 0 Å². The lowest BCUT2D eigenvalue weighted by Crippen LogP contribution is -2.40. The van der Waals surface area contributed by atoms with Crippen LogP contribution in [0.5, 0.6) is 0 Å². The SMILES string of the molecule is CCCCn1cc(C(C)(C)C)cc1C(n1nnc2ccccc21)C(O)(c1ccccc1)c1ccccc1. The van der Waals surface area contributed by atoms with Crippen molar-refractivity contribution in [3.05, 3.63) is 120 Å². The maximum atomic E-state index is 13.1. The Kier molecular flexibility index (Phi) is 6.74. The van der Waals surface area contributed by atoms with Crippen molar-refractivity contribution in [1.29, 1.82) is 0 Å². The molecule has 0 fully saturated rings. The third-order valence-electron chi connectivity index (χ3n) is 7.27. The molecule has 1 N–H and O–H groups in total. The third-order valence-corrected chi connectivity index (χ3v) is 7.27. The van der Waals surface area contributed by atoms with E-state index in [9.17, 15) is 5.11 Å². The number of aryl methyl sites for hydroxylation is 1. The summed E-state index contributed by atoms with van der Waals surface area (Å²) in [7, 11) is 0. The monoisotopic (exact) mass is 492 g/mol. The van der Waals surface area contributed by atoms with Crippen LogP contribution >= 0.6 is 0 Å². The number of nitrogens with zero attached hydrogens (tertiary/aromatic N) is 4. The molecule has 5 heteroatoms. The highest BCUT2D eigenvalue weighted by molar-refractivity contribution is 5.74. The van der Waals surface area contributed by atoms with Crippen LogP contribution in [0, 0.1) is 0 Å². The number of hydrogen-bond donors (Lipinski definition) is 1. The molecule has 5 aromatic rings. The number of unbranched alkanes of at least 4 members (excludes halogenated alkanes) is 1. The van der Waals surface area contributed by atoms with Crippen LogP contribution in [0.1, 0.15) is 69.0 Å². The van der Waals surface area contributed by atoms with E-state index in [1.165, 1.54) is 5.56 Å². The zero-order valence-corrected chi connectivity index (χ0v) is 22.2. The number of hydrogen-bond acceptors (Lipinski definition) is 3. The van der Waals surface area contributed by atoms with Crippen LogP contribution in [0.3, 0.4) is 0 Å². The lowest BCUT2D eigenvalue weighted by atomic mass is 9.78. The summed E-state index contributed by atoms with van der Waals surface area (Å²) in [5, 5.41) is 22.2. The van der Waals surface area contributed by atoms with E-state index in [1.54, 1.807) is 0 Å². The van der Waals surface area contributed by atoms with Crippen LogP contribution in [0.2, 0.25) is 0 Å². The zero-order chi connectivity index (χ0) is 26.0. The fraction of sp³-hybridized carbons (Fsp3) is 0.312.